The average molecular weight is 268 g/mol. The van der Waals surface area contributed by atoms with Gasteiger partial charge in [0.15, 0.2) is 5.78 Å². The number of ketones is 1. The van der Waals surface area contributed by atoms with Gasteiger partial charge in [-0.25, -0.2) is 0 Å². The minimum Gasteiger partial charge on any atom is -0.508 e. The number of fused-ring (bicyclic) bond motifs is 3. The standard InChI is InChI=1S/C18H20O2/c1-3-4-5-12-10-17(20)11(2)18-15-7-6-14(19)8-13(15)9-16(12)18/h4-8,12,16,19H,3,9-10H2,1-2H3/b5-4+. The molecule has 20 heavy (non-hydrogen) atoms. The van der Waals surface area contributed by atoms with Gasteiger partial charge in [-0.1, -0.05) is 25.1 Å². The van der Waals surface area contributed by atoms with Crippen LogP contribution in [0.1, 0.15) is 37.8 Å². The number of benzene rings is 1. The molecule has 1 aromatic rings. The normalized spacial score (nSPS) is 25.2. The molecule has 0 saturated heterocycles. The summed E-state index contributed by atoms with van der Waals surface area (Å²) in [6.07, 6.45) is 6.93. The van der Waals surface area contributed by atoms with E-state index in [9.17, 15) is 9.90 Å². The van der Waals surface area contributed by atoms with Crippen molar-refractivity contribution in [3.63, 3.8) is 0 Å². The molecule has 0 heterocycles. The number of hydrogen-bond acceptors (Lipinski definition) is 2. The molecule has 0 saturated carbocycles. The molecule has 1 N–H and O–H groups in total. The van der Waals surface area contributed by atoms with Crippen molar-refractivity contribution < 1.29 is 9.90 Å². The van der Waals surface area contributed by atoms with Gasteiger partial charge in [0.1, 0.15) is 5.75 Å². The van der Waals surface area contributed by atoms with E-state index >= 15 is 0 Å². The lowest BCUT2D eigenvalue weighted by atomic mass is 9.75. The third-order valence-corrected chi connectivity index (χ3v) is 4.57. The van der Waals surface area contributed by atoms with Crippen molar-refractivity contribution in [3.05, 3.63) is 47.1 Å². The number of allylic oxidation sites excluding steroid dienone is 4. The smallest absolute Gasteiger partial charge is 0.159 e. The van der Waals surface area contributed by atoms with Crippen LogP contribution in [0.2, 0.25) is 0 Å². The number of Topliss-reactive ketones (excluding diaryl/α,β-unsaturated/α-hetero) is 1. The second-order valence-corrected chi connectivity index (χ2v) is 5.82. The highest BCUT2D eigenvalue weighted by molar-refractivity contribution is 6.05. The van der Waals surface area contributed by atoms with Gasteiger partial charge in [0.05, 0.1) is 0 Å². The van der Waals surface area contributed by atoms with E-state index in [0.29, 0.717) is 24.0 Å². The molecule has 0 spiro atoms. The Balaban J connectivity index is 2.08. The molecule has 3 rings (SSSR count). The summed E-state index contributed by atoms with van der Waals surface area (Å²) >= 11 is 0. The van der Waals surface area contributed by atoms with Gasteiger partial charge in [-0.15, -0.1) is 0 Å². The van der Waals surface area contributed by atoms with E-state index in [4.69, 9.17) is 0 Å². The Morgan fingerprint density at radius 1 is 1.35 bits per heavy atom. The lowest BCUT2D eigenvalue weighted by Crippen LogP contribution is -2.24. The van der Waals surface area contributed by atoms with Crippen molar-refractivity contribution in [3.8, 4) is 5.75 Å². The predicted molar refractivity (Wildman–Crippen MR) is 80.4 cm³/mol. The zero-order valence-electron chi connectivity index (χ0n) is 12.0. The zero-order chi connectivity index (χ0) is 14.3. The van der Waals surface area contributed by atoms with Gasteiger partial charge in [0, 0.05) is 6.42 Å². The number of carbonyl (C=O) groups is 1. The van der Waals surface area contributed by atoms with Crippen molar-refractivity contribution in [2.24, 2.45) is 11.8 Å². The van der Waals surface area contributed by atoms with E-state index in [1.54, 1.807) is 6.07 Å². The number of phenols is 1. The summed E-state index contributed by atoms with van der Waals surface area (Å²) < 4.78 is 0. The topological polar surface area (TPSA) is 37.3 Å². The zero-order valence-corrected chi connectivity index (χ0v) is 12.0. The summed E-state index contributed by atoms with van der Waals surface area (Å²) in [5, 5.41) is 9.66. The molecule has 0 aliphatic heterocycles. The Labute approximate surface area is 119 Å². The summed E-state index contributed by atoms with van der Waals surface area (Å²) in [4.78, 5) is 12.2. The fourth-order valence-electron chi connectivity index (χ4n) is 3.57. The number of aromatic hydroxyl groups is 1. The highest BCUT2D eigenvalue weighted by Crippen LogP contribution is 2.48. The predicted octanol–water partition coefficient (Wildman–Crippen LogP) is 3.89. The summed E-state index contributed by atoms with van der Waals surface area (Å²) in [7, 11) is 0. The maximum atomic E-state index is 12.2. The minimum absolute atomic E-state index is 0.267. The van der Waals surface area contributed by atoms with Crippen molar-refractivity contribution >= 4 is 11.4 Å². The molecular weight excluding hydrogens is 248 g/mol. The third-order valence-electron chi connectivity index (χ3n) is 4.57. The van der Waals surface area contributed by atoms with E-state index in [0.717, 1.165) is 24.0 Å². The monoisotopic (exact) mass is 268 g/mol. The first-order chi connectivity index (χ1) is 9.61. The van der Waals surface area contributed by atoms with Gasteiger partial charge in [0.2, 0.25) is 0 Å². The molecule has 2 nitrogen and oxygen atoms in total. The van der Waals surface area contributed by atoms with Crippen LogP contribution in [0.15, 0.2) is 35.9 Å². The number of hydrogen-bond donors (Lipinski definition) is 1. The second kappa shape index (κ2) is 4.93. The largest absolute Gasteiger partial charge is 0.508 e. The number of phenolic OH excluding ortho intramolecular Hbond substituents is 1. The molecule has 2 atom stereocenters. The van der Waals surface area contributed by atoms with Crippen LogP contribution in [-0.4, -0.2) is 10.9 Å². The van der Waals surface area contributed by atoms with E-state index < -0.39 is 0 Å². The van der Waals surface area contributed by atoms with Crippen LogP contribution < -0.4 is 0 Å². The Morgan fingerprint density at radius 3 is 2.90 bits per heavy atom. The summed E-state index contributed by atoms with van der Waals surface area (Å²) in [6.45, 7) is 4.07. The summed E-state index contributed by atoms with van der Waals surface area (Å²) in [5.74, 6) is 1.28. The lowest BCUT2D eigenvalue weighted by molar-refractivity contribution is -0.116. The highest BCUT2D eigenvalue weighted by Gasteiger charge is 2.38. The summed E-state index contributed by atoms with van der Waals surface area (Å²) in [6, 6.07) is 5.53. The molecule has 104 valence electrons. The lowest BCUT2D eigenvalue weighted by Gasteiger charge is -2.28. The molecule has 2 aliphatic carbocycles. The molecule has 0 amide bonds. The fourth-order valence-corrected chi connectivity index (χ4v) is 3.57. The Bertz CT molecular complexity index is 622. The van der Waals surface area contributed by atoms with Gasteiger partial charge in [-0.05, 0) is 66.0 Å². The van der Waals surface area contributed by atoms with Crippen LogP contribution in [0.5, 0.6) is 5.75 Å². The maximum Gasteiger partial charge on any atom is 0.159 e. The Hall–Kier alpha value is -1.83. The van der Waals surface area contributed by atoms with Crippen LogP contribution in [-0.2, 0) is 11.2 Å². The van der Waals surface area contributed by atoms with Crippen LogP contribution in [0, 0.1) is 11.8 Å². The number of carbonyl (C=O) groups excluding carboxylic acids is 1. The van der Waals surface area contributed by atoms with Gasteiger partial charge in [-0.3, -0.25) is 4.79 Å². The Morgan fingerprint density at radius 2 is 2.15 bits per heavy atom. The first kappa shape index (κ1) is 13.2. The summed E-state index contributed by atoms with van der Waals surface area (Å²) in [5.41, 5.74) is 4.46. The van der Waals surface area contributed by atoms with Gasteiger partial charge in [0.25, 0.3) is 0 Å². The average Bonchev–Trinajstić information content (AvgIpc) is 2.80. The van der Waals surface area contributed by atoms with Crippen LogP contribution in [0.4, 0.5) is 0 Å². The van der Waals surface area contributed by atoms with Crippen LogP contribution in [0.3, 0.4) is 0 Å². The minimum atomic E-state index is 0.267. The van der Waals surface area contributed by atoms with Crippen molar-refractivity contribution in [2.45, 2.75) is 33.1 Å². The molecular formula is C18H20O2. The molecule has 0 bridgehead atoms. The SMILES string of the molecule is CC/C=C/C1CC(=O)C(C)=C2c3ccc(O)cc3CC21. The quantitative estimate of drug-likeness (QED) is 0.826. The van der Waals surface area contributed by atoms with E-state index in [1.807, 2.05) is 19.1 Å². The first-order valence-electron chi connectivity index (χ1n) is 7.34. The van der Waals surface area contributed by atoms with E-state index in [1.165, 1.54) is 11.1 Å². The molecule has 0 fully saturated rings. The molecule has 2 aliphatic rings. The Kier molecular flexibility index (Phi) is 3.25. The molecule has 0 aromatic heterocycles. The van der Waals surface area contributed by atoms with E-state index in [-0.39, 0.29) is 5.78 Å². The van der Waals surface area contributed by atoms with Gasteiger partial charge in [-0.2, -0.15) is 0 Å². The molecule has 1 aromatic carbocycles. The number of rotatable bonds is 2. The van der Waals surface area contributed by atoms with Crippen molar-refractivity contribution in [1.29, 1.82) is 0 Å². The molecule has 0 radical (unpaired) electrons. The maximum absolute atomic E-state index is 12.2. The molecule has 2 heteroatoms. The third kappa shape index (κ3) is 2.00. The van der Waals surface area contributed by atoms with Crippen molar-refractivity contribution in [2.75, 3.05) is 0 Å². The molecule has 2 unspecified atom stereocenters. The van der Waals surface area contributed by atoms with Crippen molar-refractivity contribution in [1.82, 2.24) is 0 Å². The van der Waals surface area contributed by atoms with Gasteiger partial charge >= 0.3 is 0 Å². The van der Waals surface area contributed by atoms with Crippen LogP contribution >= 0.6 is 0 Å². The second-order valence-electron chi connectivity index (χ2n) is 5.82. The highest BCUT2D eigenvalue weighted by atomic mass is 16.3. The fraction of sp³-hybridized carbons (Fsp3) is 0.389. The van der Waals surface area contributed by atoms with Gasteiger partial charge < -0.3 is 5.11 Å². The first-order valence-corrected chi connectivity index (χ1v) is 7.34. The van der Waals surface area contributed by atoms with E-state index in [2.05, 4.69) is 19.1 Å². The van der Waals surface area contributed by atoms with Crippen LogP contribution in [0.25, 0.3) is 5.57 Å².